The summed E-state index contributed by atoms with van der Waals surface area (Å²) in [5.41, 5.74) is 2.20. The molecule has 1 aliphatic carbocycles. The van der Waals surface area contributed by atoms with Crippen LogP contribution in [0, 0.1) is 12.8 Å². The van der Waals surface area contributed by atoms with Crippen molar-refractivity contribution in [2.45, 2.75) is 51.9 Å². The van der Waals surface area contributed by atoms with Gasteiger partial charge in [0, 0.05) is 25.1 Å². The third-order valence-electron chi connectivity index (χ3n) is 5.15. The van der Waals surface area contributed by atoms with Gasteiger partial charge >= 0.3 is 0 Å². The molecule has 0 atom stereocenters. The summed E-state index contributed by atoms with van der Waals surface area (Å²) >= 11 is 1.78. The molecule has 0 bridgehead atoms. The van der Waals surface area contributed by atoms with E-state index in [4.69, 9.17) is 4.74 Å². The molecule has 2 fully saturated rings. The summed E-state index contributed by atoms with van der Waals surface area (Å²) in [6, 6.07) is 2.03. The quantitative estimate of drug-likeness (QED) is 0.788. The lowest BCUT2D eigenvalue weighted by atomic mass is 9.98. The number of aromatic nitrogens is 4. The van der Waals surface area contributed by atoms with E-state index in [1.54, 1.807) is 11.3 Å². The zero-order chi connectivity index (χ0) is 17.2. The van der Waals surface area contributed by atoms with Crippen molar-refractivity contribution in [1.29, 1.82) is 0 Å². The first kappa shape index (κ1) is 16.7. The van der Waals surface area contributed by atoms with E-state index in [1.807, 2.05) is 13.0 Å². The first-order chi connectivity index (χ1) is 12.2. The lowest BCUT2D eigenvalue weighted by Gasteiger charge is -2.31. The molecule has 6 nitrogen and oxygen atoms in total. The van der Waals surface area contributed by atoms with Gasteiger partial charge in [0.2, 0.25) is 11.0 Å². The number of ether oxygens (including phenoxy) is 1. The van der Waals surface area contributed by atoms with Gasteiger partial charge in [0.25, 0.3) is 0 Å². The minimum atomic E-state index is 0.570. The molecule has 0 N–H and O–H groups in total. The van der Waals surface area contributed by atoms with E-state index in [0.29, 0.717) is 17.7 Å². The number of aryl methyl sites for hydroxylation is 2. The predicted molar refractivity (Wildman–Crippen MR) is 98.5 cm³/mol. The van der Waals surface area contributed by atoms with E-state index in [-0.39, 0.29) is 0 Å². The number of piperidine rings is 1. The molecule has 25 heavy (non-hydrogen) atoms. The fourth-order valence-corrected chi connectivity index (χ4v) is 4.31. The summed E-state index contributed by atoms with van der Waals surface area (Å²) < 4.78 is 5.91. The Kier molecular flexibility index (Phi) is 4.83. The average Bonchev–Trinajstić information content (AvgIpc) is 3.38. The number of rotatable bonds is 6. The Bertz CT molecular complexity index is 722. The van der Waals surface area contributed by atoms with Crippen LogP contribution in [0.25, 0.3) is 0 Å². The molecule has 3 heterocycles. The standard InChI is InChI=1S/C18H25N5OS/c1-3-14-10-16(20-19-12(14)2)24-11-13-6-8-23(9-7-13)18-22-21-17(25-18)15-4-5-15/h10,13,15H,3-9,11H2,1-2H3. The summed E-state index contributed by atoms with van der Waals surface area (Å²) in [6.45, 7) is 6.91. The molecule has 7 heteroatoms. The van der Waals surface area contributed by atoms with Crippen molar-refractivity contribution >= 4 is 16.5 Å². The van der Waals surface area contributed by atoms with Crippen molar-refractivity contribution < 1.29 is 4.74 Å². The zero-order valence-electron chi connectivity index (χ0n) is 14.9. The van der Waals surface area contributed by atoms with Crippen LogP contribution >= 0.6 is 11.3 Å². The normalized spacial score (nSPS) is 18.6. The van der Waals surface area contributed by atoms with Crippen LogP contribution < -0.4 is 9.64 Å². The van der Waals surface area contributed by atoms with Gasteiger partial charge in [0.1, 0.15) is 5.01 Å². The SMILES string of the molecule is CCc1cc(OCC2CCN(c3nnc(C4CC4)s3)CC2)nnc1C. The predicted octanol–water partition coefficient (Wildman–Crippen LogP) is 3.37. The highest BCUT2D eigenvalue weighted by Gasteiger charge is 2.29. The second-order valence-electron chi connectivity index (χ2n) is 7.09. The first-order valence-electron chi connectivity index (χ1n) is 9.27. The number of hydrogen-bond acceptors (Lipinski definition) is 7. The Hall–Kier alpha value is -1.76. The topological polar surface area (TPSA) is 64.0 Å². The summed E-state index contributed by atoms with van der Waals surface area (Å²) in [4.78, 5) is 2.38. The lowest BCUT2D eigenvalue weighted by molar-refractivity contribution is 0.214. The second-order valence-corrected chi connectivity index (χ2v) is 8.07. The molecular formula is C18H25N5OS. The van der Waals surface area contributed by atoms with E-state index in [1.165, 1.54) is 23.4 Å². The van der Waals surface area contributed by atoms with Crippen LogP contribution in [-0.2, 0) is 6.42 Å². The van der Waals surface area contributed by atoms with Crippen LogP contribution in [0.1, 0.15) is 54.8 Å². The van der Waals surface area contributed by atoms with Gasteiger partial charge in [-0.2, -0.15) is 5.10 Å². The summed E-state index contributed by atoms with van der Waals surface area (Å²) in [5.74, 6) is 1.92. The molecule has 1 saturated heterocycles. The fourth-order valence-electron chi connectivity index (χ4n) is 3.24. The third kappa shape index (κ3) is 3.92. The highest BCUT2D eigenvalue weighted by Crippen LogP contribution is 2.42. The van der Waals surface area contributed by atoms with Crippen LogP contribution in [0.15, 0.2) is 6.07 Å². The van der Waals surface area contributed by atoms with Gasteiger partial charge in [-0.1, -0.05) is 18.3 Å². The van der Waals surface area contributed by atoms with Crippen molar-refractivity contribution in [3.05, 3.63) is 22.3 Å². The van der Waals surface area contributed by atoms with Crippen LogP contribution in [0.5, 0.6) is 5.88 Å². The van der Waals surface area contributed by atoms with Gasteiger partial charge in [-0.15, -0.1) is 15.3 Å². The summed E-state index contributed by atoms with van der Waals surface area (Å²) in [5, 5.41) is 19.4. The van der Waals surface area contributed by atoms with Crippen molar-refractivity contribution in [3.8, 4) is 5.88 Å². The second kappa shape index (κ2) is 7.23. The Labute approximate surface area is 152 Å². The molecule has 0 spiro atoms. The first-order valence-corrected chi connectivity index (χ1v) is 10.1. The summed E-state index contributed by atoms with van der Waals surface area (Å²) in [6.07, 6.45) is 5.78. The molecule has 2 aromatic heterocycles. The maximum Gasteiger partial charge on any atom is 0.233 e. The van der Waals surface area contributed by atoms with Gasteiger partial charge in [-0.3, -0.25) is 0 Å². The molecule has 0 radical (unpaired) electrons. The number of hydrogen-bond donors (Lipinski definition) is 0. The third-order valence-corrected chi connectivity index (χ3v) is 6.30. The molecule has 0 aromatic carbocycles. The smallest absolute Gasteiger partial charge is 0.233 e. The van der Waals surface area contributed by atoms with Gasteiger partial charge < -0.3 is 9.64 Å². The molecule has 0 amide bonds. The van der Waals surface area contributed by atoms with Crippen molar-refractivity contribution in [3.63, 3.8) is 0 Å². The number of anilines is 1. The monoisotopic (exact) mass is 359 g/mol. The Morgan fingerprint density at radius 3 is 2.64 bits per heavy atom. The van der Waals surface area contributed by atoms with Crippen molar-refractivity contribution in [2.75, 3.05) is 24.6 Å². The molecule has 134 valence electrons. The fraction of sp³-hybridized carbons (Fsp3) is 0.667. The average molecular weight is 359 g/mol. The summed E-state index contributed by atoms with van der Waals surface area (Å²) in [7, 11) is 0. The Balaban J connectivity index is 1.27. The van der Waals surface area contributed by atoms with Gasteiger partial charge in [-0.25, -0.2) is 0 Å². The molecule has 0 unspecified atom stereocenters. The van der Waals surface area contributed by atoms with Crippen LogP contribution in [0.4, 0.5) is 5.13 Å². The minimum absolute atomic E-state index is 0.570. The molecule has 2 aliphatic rings. The van der Waals surface area contributed by atoms with Gasteiger partial charge in [-0.05, 0) is 50.5 Å². The molecule has 1 saturated carbocycles. The largest absolute Gasteiger partial charge is 0.476 e. The van der Waals surface area contributed by atoms with E-state index in [0.717, 1.165) is 49.8 Å². The Morgan fingerprint density at radius 1 is 1.12 bits per heavy atom. The molecule has 2 aromatic rings. The Morgan fingerprint density at radius 2 is 1.92 bits per heavy atom. The van der Waals surface area contributed by atoms with Gasteiger partial charge in [0.15, 0.2) is 0 Å². The van der Waals surface area contributed by atoms with E-state index in [2.05, 4.69) is 32.2 Å². The minimum Gasteiger partial charge on any atom is -0.476 e. The lowest BCUT2D eigenvalue weighted by Crippen LogP contribution is -2.35. The molecule has 4 rings (SSSR count). The maximum atomic E-state index is 5.91. The molecule has 1 aliphatic heterocycles. The highest BCUT2D eigenvalue weighted by molar-refractivity contribution is 7.15. The van der Waals surface area contributed by atoms with E-state index in [9.17, 15) is 0 Å². The molecular weight excluding hydrogens is 334 g/mol. The zero-order valence-corrected chi connectivity index (χ0v) is 15.8. The van der Waals surface area contributed by atoms with Crippen molar-refractivity contribution in [1.82, 2.24) is 20.4 Å². The van der Waals surface area contributed by atoms with Gasteiger partial charge in [0.05, 0.1) is 12.3 Å². The van der Waals surface area contributed by atoms with Crippen LogP contribution in [0.3, 0.4) is 0 Å². The highest BCUT2D eigenvalue weighted by atomic mass is 32.1. The van der Waals surface area contributed by atoms with Crippen LogP contribution in [0.2, 0.25) is 0 Å². The number of nitrogens with zero attached hydrogens (tertiary/aromatic N) is 5. The van der Waals surface area contributed by atoms with E-state index >= 15 is 0 Å². The van der Waals surface area contributed by atoms with Crippen molar-refractivity contribution in [2.24, 2.45) is 5.92 Å². The van der Waals surface area contributed by atoms with E-state index < -0.39 is 0 Å². The maximum absolute atomic E-state index is 5.91. The van der Waals surface area contributed by atoms with Crippen LogP contribution in [-0.4, -0.2) is 40.1 Å².